The largest absolute Gasteiger partial charge is 0.383 e. The van der Waals surface area contributed by atoms with Gasteiger partial charge in [-0.1, -0.05) is 44.2 Å². The number of likely N-dealkylation sites (N-methyl/N-ethyl adjacent to an activating group) is 1. The summed E-state index contributed by atoms with van der Waals surface area (Å²) in [5, 5.41) is 24.1. The van der Waals surface area contributed by atoms with E-state index in [1.807, 2.05) is 19.9 Å². The normalized spacial score (nSPS) is 13.0. The Balaban J connectivity index is 2.72. The second-order valence-corrected chi connectivity index (χ2v) is 6.44. The first-order chi connectivity index (χ1) is 12.3. The minimum Gasteiger partial charge on any atom is -0.383 e. The first kappa shape index (κ1) is 21.6. The molecule has 0 fully saturated rings. The third kappa shape index (κ3) is 6.81. The summed E-state index contributed by atoms with van der Waals surface area (Å²) in [6, 6.07) is 6.85. The molecule has 4 amide bonds. The standard InChI is InChI=1S/C18H27N3O5/c1-12(2)9-10-15(22)17(24)21(26)18(25)20-14(16(23)19-3)11-13-7-5-4-6-8-13/h4-8,12,14-15,22,26H,9-11H2,1-3H3,(H,19,23)(H,20,25)/t14-,15-/m0/s1. The molecule has 0 saturated carbocycles. The number of hydrogen-bond acceptors (Lipinski definition) is 5. The fourth-order valence-electron chi connectivity index (χ4n) is 2.30. The van der Waals surface area contributed by atoms with Crippen LogP contribution in [0.3, 0.4) is 0 Å². The van der Waals surface area contributed by atoms with E-state index in [1.54, 1.807) is 24.3 Å². The zero-order valence-corrected chi connectivity index (χ0v) is 15.3. The Bertz CT molecular complexity index is 606. The van der Waals surface area contributed by atoms with Crippen molar-refractivity contribution in [3.05, 3.63) is 35.9 Å². The Kier molecular flexibility index (Phi) is 8.74. The lowest BCUT2D eigenvalue weighted by Gasteiger charge is -2.22. The summed E-state index contributed by atoms with van der Waals surface area (Å²) in [5.41, 5.74) is 0.800. The highest BCUT2D eigenvalue weighted by molar-refractivity contribution is 5.96. The lowest BCUT2D eigenvalue weighted by atomic mass is 10.0. The van der Waals surface area contributed by atoms with Crippen LogP contribution in [0, 0.1) is 5.92 Å². The number of imide groups is 1. The number of benzene rings is 1. The van der Waals surface area contributed by atoms with Crippen LogP contribution in [0.5, 0.6) is 0 Å². The molecule has 0 bridgehead atoms. The number of urea groups is 1. The van der Waals surface area contributed by atoms with E-state index >= 15 is 0 Å². The molecule has 8 nitrogen and oxygen atoms in total. The van der Waals surface area contributed by atoms with Crippen molar-refractivity contribution in [2.24, 2.45) is 5.92 Å². The van der Waals surface area contributed by atoms with E-state index in [4.69, 9.17) is 0 Å². The summed E-state index contributed by atoms with van der Waals surface area (Å²) < 4.78 is 0. The number of aliphatic hydroxyl groups is 1. The molecule has 144 valence electrons. The average Bonchev–Trinajstić information content (AvgIpc) is 2.64. The smallest absolute Gasteiger partial charge is 0.349 e. The van der Waals surface area contributed by atoms with E-state index in [0.717, 1.165) is 5.56 Å². The van der Waals surface area contributed by atoms with E-state index in [1.165, 1.54) is 7.05 Å². The number of rotatable bonds is 8. The molecular weight excluding hydrogens is 338 g/mol. The topological polar surface area (TPSA) is 119 Å². The SMILES string of the molecule is CNC(=O)[C@H](Cc1ccccc1)NC(=O)N(O)C(=O)[C@@H](O)CCC(C)C. The Morgan fingerprint density at radius 2 is 1.73 bits per heavy atom. The lowest BCUT2D eigenvalue weighted by Crippen LogP contribution is -2.53. The minimum atomic E-state index is -1.49. The molecular formula is C18H27N3O5. The predicted molar refractivity (Wildman–Crippen MR) is 95.2 cm³/mol. The maximum absolute atomic E-state index is 12.1. The van der Waals surface area contributed by atoms with Gasteiger partial charge in [0.2, 0.25) is 5.91 Å². The number of hydroxylamine groups is 2. The van der Waals surface area contributed by atoms with Crippen molar-refractivity contribution in [1.29, 1.82) is 0 Å². The summed E-state index contributed by atoms with van der Waals surface area (Å²) >= 11 is 0. The molecule has 0 aliphatic carbocycles. The average molecular weight is 365 g/mol. The van der Waals surface area contributed by atoms with Crippen LogP contribution in [0.1, 0.15) is 32.3 Å². The van der Waals surface area contributed by atoms with Crippen molar-refractivity contribution in [3.63, 3.8) is 0 Å². The van der Waals surface area contributed by atoms with Crippen LogP contribution < -0.4 is 10.6 Å². The van der Waals surface area contributed by atoms with Crippen LogP contribution in [0.15, 0.2) is 30.3 Å². The van der Waals surface area contributed by atoms with Crippen LogP contribution >= 0.6 is 0 Å². The molecule has 26 heavy (non-hydrogen) atoms. The second kappa shape index (κ2) is 10.5. The second-order valence-electron chi connectivity index (χ2n) is 6.44. The van der Waals surface area contributed by atoms with E-state index in [-0.39, 0.29) is 23.8 Å². The van der Waals surface area contributed by atoms with E-state index in [0.29, 0.717) is 6.42 Å². The monoisotopic (exact) mass is 365 g/mol. The van der Waals surface area contributed by atoms with Gasteiger partial charge in [0.05, 0.1) is 0 Å². The van der Waals surface area contributed by atoms with Gasteiger partial charge in [-0.05, 0) is 24.3 Å². The predicted octanol–water partition coefficient (Wildman–Crippen LogP) is 1.07. The highest BCUT2D eigenvalue weighted by Gasteiger charge is 2.29. The van der Waals surface area contributed by atoms with Gasteiger partial charge in [-0.15, -0.1) is 5.06 Å². The van der Waals surface area contributed by atoms with Gasteiger partial charge in [0.25, 0.3) is 5.91 Å². The molecule has 0 unspecified atom stereocenters. The van der Waals surface area contributed by atoms with Gasteiger partial charge >= 0.3 is 6.03 Å². The van der Waals surface area contributed by atoms with Gasteiger partial charge in [-0.25, -0.2) is 4.79 Å². The fourth-order valence-corrected chi connectivity index (χ4v) is 2.30. The molecule has 1 rings (SSSR count). The third-order valence-corrected chi connectivity index (χ3v) is 3.85. The molecule has 1 aromatic rings. The van der Waals surface area contributed by atoms with Crippen molar-refractivity contribution < 1.29 is 24.7 Å². The number of aliphatic hydroxyl groups excluding tert-OH is 1. The van der Waals surface area contributed by atoms with Crippen LogP contribution in [-0.4, -0.2) is 52.4 Å². The highest BCUT2D eigenvalue weighted by atomic mass is 16.5. The Labute approximate surface area is 153 Å². The van der Waals surface area contributed by atoms with Crippen LogP contribution in [-0.2, 0) is 16.0 Å². The van der Waals surface area contributed by atoms with E-state index < -0.39 is 30.0 Å². The summed E-state index contributed by atoms with van der Waals surface area (Å²) in [6.07, 6.45) is -0.605. The van der Waals surface area contributed by atoms with E-state index in [2.05, 4.69) is 10.6 Å². The molecule has 0 saturated heterocycles. The lowest BCUT2D eigenvalue weighted by molar-refractivity contribution is -0.162. The minimum absolute atomic E-state index is 0.129. The number of carbonyl (C=O) groups excluding carboxylic acids is 3. The Morgan fingerprint density at radius 1 is 1.12 bits per heavy atom. The summed E-state index contributed by atoms with van der Waals surface area (Å²) in [4.78, 5) is 36.0. The molecule has 0 heterocycles. The van der Waals surface area contributed by atoms with Gasteiger partial charge in [-0.2, -0.15) is 0 Å². The molecule has 1 aromatic carbocycles. The number of nitrogens with zero attached hydrogens (tertiary/aromatic N) is 1. The van der Waals surface area contributed by atoms with Crippen LogP contribution in [0.25, 0.3) is 0 Å². The van der Waals surface area contributed by atoms with Crippen LogP contribution in [0.2, 0.25) is 0 Å². The van der Waals surface area contributed by atoms with Crippen molar-refractivity contribution in [2.45, 2.75) is 45.3 Å². The molecule has 4 N–H and O–H groups in total. The summed E-state index contributed by atoms with van der Waals surface area (Å²) in [5.74, 6) is -1.33. The molecule has 2 atom stereocenters. The number of carbonyl (C=O) groups is 3. The van der Waals surface area contributed by atoms with Crippen molar-refractivity contribution in [2.75, 3.05) is 7.05 Å². The summed E-state index contributed by atoms with van der Waals surface area (Å²) in [7, 11) is 1.42. The van der Waals surface area contributed by atoms with Crippen molar-refractivity contribution >= 4 is 17.8 Å². The van der Waals surface area contributed by atoms with Crippen molar-refractivity contribution in [3.8, 4) is 0 Å². The van der Waals surface area contributed by atoms with Gasteiger partial charge in [0.15, 0.2) is 0 Å². The van der Waals surface area contributed by atoms with Gasteiger partial charge < -0.3 is 15.7 Å². The maximum atomic E-state index is 12.1. The van der Waals surface area contributed by atoms with Crippen molar-refractivity contribution in [1.82, 2.24) is 15.7 Å². The molecule has 0 radical (unpaired) electrons. The first-order valence-corrected chi connectivity index (χ1v) is 8.53. The zero-order chi connectivity index (χ0) is 19.7. The van der Waals surface area contributed by atoms with E-state index in [9.17, 15) is 24.7 Å². The number of hydrogen-bond donors (Lipinski definition) is 4. The first-order valence-electron chi connectivity index (χ1n) is 8.53. The molecule has 0 aromatic heterocycles. The molecule has 0 aliphatic rings. The highest BCUT2D eigenvalue weighted by Crippen LogP contribution is 2.09. The quantitative estimate of drug-likeness (QED) is 0.406. The molecule has 8 heteroatoms. The molecule has 0 aliphatic heterocycles. The Morgan fingerprint density at radius 3 is 2.27 bits per heavy atom. The van der Waals surface area contributed by atoms with Gasteiger partial charge in [0, 0.05) is 13.5 Å². The number of amides is 4. The summed E-state index contributed by atoms with van der Waals surface area (Å²) in [6.45, 7) is 3.86. The number of nitrogens with one attached hydrogen (secondary N) is 2. The van der Waals surface area contributed by atoms with Gasteiger partial charge in [-0.3, -0.25) is 14.8 Å². The zero-order valence-electron chi connectivity index (χ0n) is 15.3. The molecule has 0 spiro atoms. The Hall–Kier alpha value is -2.45. The fraction of sp³-hybridized carbons (Fsp3) is 0.500. The third-order valence-electron chi connectivity index (χ3n) is 3.85. The van der Waals surface area contributed by atoms with Crippen LogP contribution in [0.4, 0.5) is 4.79 Å². The maximum Gasteiger partial charge on any atom is 0.349 e. The van der Waals surface area contributed by atoms with Gasteiger partial charge in [0.1, 0.15) is 12.1 Å².